The Morgan fingerprint density at radius 1 is 1.04 bits per heavy atom. The Morgan fingerprint density at radius 3 is 2.39 bits per heavy atom. The Labute approximate surface area is 167 Å². The standard InChI is InChI=1S/C20H12ClF3N2OS/c1-12-16(21)3-2-4-19(12)28(27)26-20-17(23)8-13(9-18(20)24)5-6-14-7-15(22)11-25-10-14/h2-4,7-11,26H,1H3. The maximum atomic E-state index is 14.4. The van der Waals surface area contributed by atoms with Crippen LogP contribution < -0.4 is 4.72 Å². The van der Waals surface area contributed by atoms with Gasteiger partial charge in [-0.1, -0.05) is 29.5 Å². The molecule has 0 saturated heterocycles. The molecule has 1 atom stereocenters. The van der Waals surface area contributed by atoms with Crippen LogP contribution in [0.2, 0.25) is 5.02 Å². The zero-order valence-corrected chi connectivity index (χ0v) is 16.0. The van der Waals surface area contributed by atoms with Gasteiger partial charge in [-0.25, -0.2) is 17.4 Å². The Balaban J connectivity index is 1.87. The van der Waals surface area contributed by atoms with Gasteiger partial charge in [0.15, 0.2) is 22.6 Å². The molecule has 8 heteroatoms. The fraction of sp³-hybridized carbons (Fsp3) is 0.0500. The van der Waals surface area contributed by atoms with E-state index in [0.29, 0.717) is 15.5 Å². The minimum atomic E-state index is -1.92. The van der Waals surface area contributed by atoms with Crippen LogP contribution in [-0.2, 0) is 11.0 Å². The summed E-state index contributed by atoms with van der Waals surface area (Å²) in [5, 5.41) is 0.394. The summed E-state index contributed by atoms with van der Waals surface area (Å²) in [7, 11) is -1.92. The molecule has 3 nitrogen and oxygen atoms in total. The average molecular weight is 421 g/mol. The number of hydrogen-bond donors (Lipinski definition) is 1. The van der Waals surface area contributed by atoms with E-state index in [9.17, 15) is 17.4 Å². The van der Waals surface area contributed by atoms with Crippen LogP contribution in [-0.4, -0.2) is 9.19 Å². The van der Waals surface area contributed by atoms with Crippen LogP contribution in [0.15, 0.2) is 53.7 Å². The maximum Gasteiger partial charge on any atom is 0.151 e. The third-order valence-corrected chi connectivity index (χ3v) is 5.35. The van der Waals surface area contributed by atoms with Crippen molar-refractivity contribution in [3.05, 3.63) is 88.0 Å². The number of benzene rings is 2. The normalized spacial score (nSPS) is 11.5. The van der Waals surface area contributed by atoms with Gasteiger partial charge >= 0.3 is 0 Å². The van der Waals surface area contributed by atoms with Gasteiger partial charge < -0.3 is 0 Å². The van der Waals surface area contributed by atoms with Gasteiger partial charge in [0.1, 0.15) is 11.5 Å². The number of nitrogens with zero attached hydrogens (tertiary/aromatic N) is 1. The van der Waals surface area contributed by atoms with Crippen molar-refractivity contribution in [1.82, 2.24) is 4.98 Å². The van der Waals surface area contributed by atoms with Crippen molar-refractivity contribution >= 4 is 28.3 Å². The van der Waals surface area contributed by atoms with Crippen LogP contribution in [0.5, 0.6) is 0 Å². The lowest BCUT2D eigenvalue weighted by atomic mass is 10.1. The van der Waals surface area contributed by atoms with Crippen molar-refractivity contribution in [3.8, 4) is 11.8 Å². The van der Waals surface area contributed by atoms with Gasteiger partial charge in [0, 0.05) is 22.3 Å². The van der Waals surface area contributed by atoms with Crippen molar-refractivity contribution in [2.45, 2.75) is 11.8 Å². The number of anilines is 1. The van der Waals surface area contributed by atoms with Crippen LogP contribution in [0.1, 0.15) is 16.7 Å². The first kappa shape index (κ1) is 19.9. The fourth-order valence-electron chi connectivity index (χ4n) is 2.30. The highest BCUT2D eigenvalue weighted by molar-refractivity contribution is 7.86. The van der Waals surface area contributed by atoms with E-state index in [1.54, 1.807) is 25.1 Å². The van der Waals surface area contributed by atoms with Gasteiger partial charge in [0.2, 0.25) is 0 Å². The minimum Gasteiger partial charge on any atom is -0.296 e. The van der Waals surface area contributed by atoms with Crippen LogP contribution in [0.25, 0.3) is 0 Å². The van der Waals surface area contributed by atoms with E-state index in [0.717, 1.165) is 24.4 Å². The molecule has 0 aliphatic heterocycles. The largest absolute Gasteiger partial charge is 0.296 e. The molecule has 0 spiro atoms. The molecule has 2 aromatic carbocycles. The van der Waals surface area contributed by atoms with E-state index in [2.05, 4.69) is 21.5 Å². The highest BCUT2D eigenvalue weighted by Gasteiger charge is 2.16. The van der Waals surface area contributed by atoms with Crippen LogP contribution >= 0.6 is 11.6 Å². The molecule has 1 N–H and O–H groups in total. The SMILES string of the molecule is Cc1c(Cl)cccc1S(=O)Nc1c(F)cc(C#Cc2cncc(F)c2)cc1F. The summed E-state index contributed by atoms with van der Waals surface area (Å²) < 4.78 is 56.6. The second-order valence-electron chi connectivity index (χ2n) is 5.69. The smallest absolute Gasteiger partial charge is 0.151 e. The van der Waals surface area contributed by atoms with E-state index in [4.69, 9.17) is 11.6 Å². The molecular weight excluding hydrogens is 409 g/mol. The maximum absolute atomic E-state index is 14.4. The fourth-order valence-corrected chi connectivity index (χ4v) is 3.61. The molecule has 3 aromatic rings. The molecule has 0 amide bonds. The zero-order valence-electron chi connectivity index (χ0n) is 14.4. The summed E-state index contributed by atoms with van der Waals surface area (Å²) >= 11 is 5.99. The first-order valence-electron chi connectivity index (χ1n) is 7.90. The summed E-state index contributed by atoms with van der Waals surface area (Å²) in [6, 6.07) is 7.91. The van der Waals surface area contributed by atoms with Gasteiger partial charge in [-0.3, -0.25) is 9.71 Å². The highest BCUT2D eigenvalue weighted by Crippen LogP contribution is 2.26. The first-order chi connectivity index (χ1) is 13.3. The zero-order chi connectivity index (χ0) is 20.3. The topological polar surface area (TPSA) is 42.0 Å². The third-order valence-electron chi connectivity index (χ3n) is 3.71. The predicted molar refractivity (Wildman–Crippen MR) is 103 cm³/mol. The number of aromatic nitrogens is 1. The molecule has 142 valence electrons. The lowest BCUT2D eigenvalue weighted by Crippen LogP contribution is -2.10. The van der Waals surface area contributed by atoms with Crippen LogP contribution in [0, 0.1) is 36.2 Å². The molecule has 3 rings (SSSR count). The van der Waals surface area contributed by atoms with Crippen molar-refractivity contribution in [3.63, 3.8) is 0 Å². The molecule has 1 heterocycles. The molecule has 1 unspecified atom stereocenters. The lowest BCUT2D eigenvalue weighted by Gasteiger charge is -2.11. The Morgan fingerprint density at radius 2 is 1.71 bits per heavy atom. The predicted octanol–water partition coefficient (Wildman–Crippen LogP) is 5.00. The van der Waals surface area contributed by atoms with Gasteiger partial charge in [-0.2, -0.15) is 0 Å². The quantitative estimate of drug-likeness (QED) is 0.606. The molecule has 0 radical (unpaired) electrons. The molecule has 0 aliphatic rings. The van der Waals surface area contributed by atoms with Gasteiger partial charge in [-0.15, -0.1) is 0 Å². The van der Waals surface area contributed by atoms with E-state index in [1.165, 1.54) is 6.20 Å². The Hall–Kier alpha value is -2.82. The Bertz CT molecular complexity index is 1120. The number of nitrogens with one attached hydrogen (secondary N) is 1. The summed E-state index contributed by atoms with van der Waals surface area (Å²) in [6.45, 7) is 1.66. The molecule has 28 heavy (non-hydrogen) atoms. The highest BCUT2D eigenvalue weighted by atomic mass is 35.5. The monoisotopic (exact) mass is 420 g/mol. The van der Waals surface area contributed by atoms with E-state index in [-0.39, 0.29) is 11.1 Å². The van der Waals surface area contributed by atoms with Crippen LogP contribution in [0.4, 0.5) is 18.9 Å². The lowest BCUT2D eigenvalue weighted by molar-refractivity contribution is 0.590. The summed E-state index contributed by atoms with van der Waals surface area (Å²) in [6.07, 6.45) is 2.35. The average Bonchev–Trinajstić information content (AvgIpc) is 2.65. The molecule has 0 bridgehead atoms. The van der Waals surface area contributed by atoms with Gasteiger partial charge in [0.25, 0.3) is 0 Å². The summed E-state index contributed by atoms with van der Waals surface area (Å²) in [4.78, 5) is 3.96. The van der Waals surface area contributed by atoms with E-state index in [1.807, 2.05) is 0 Å². The van der Waals surface area contributed by atoms with Crippen LogP contribution in [0.3, 0.4) is 0 Å². The molecule has 0 saturated carbocycles. The summed E-state index contributed by atoms with van der Waals surface area (Å²) in [5.41, 5.74) is 0.299. The van der Waals surface area contributed by atoms with Crippen molar-refractivity contribution < 1.29 is 17.4 Å². The second-order valence-corrected chi connectivity index (χ2v) is 7.28. The third kappa shape index (κ3) is 4.53. The van der Waals surface area contributed by atoms with E-state index >= 15 is 0 Å². The number of pyridine rings is 1. The Kier molecular flexibility index (Phi) is 6.02. The molecule has 0 fully saturated rings. The molecule has 0 aliphatic carbocycles. The summed E-state index contributed by atoms with van der Waals surface area (Å²) in [5.74, 6) is 2.62. The number of hydrogen-bond acceptors (Lipinski definition) is 2. The second kappa shape index (κ2) is 8.46. The van der Waals surface area contributed by atoms with Gasteiger partial charge in [0.05, 0.1) is 11.1 Å². The first-order valence-corrected chi connectivity index (χ1v) is 9.43. The van der Waals surface area contributed by atoms with Crippen molar-refractivity contribution in [1.29, 1.82) is 0 Å². The van der Waals surface area contributed by atoms with Crippen molar-refractivity contribution in [2.24, 2.45) is 0 Å². The molecule has 1 aromatic heterocycles. The van der Waals surface area contributed by atoms with E-state index < -0.39 is 34.1 Å². The minimum absolute atomic E-state index is 0.0366. The van der Waals surface area contributed by atoms with Crippen molar-refractivity contribution in [2.75, 3.05) is 4.72 Å². The van der Waals surface area contributed by atoms with Gasteiger partial charge in [-0.05, 0) is 42.8 Å². The molecular formula is C20H12ClF3N2OS. The number of halogens is 4. The number of rotatable bonds is 3.